The molecule has 4 rings (SSSR count). The van der Waals surface area contributed by atoms with E-state index in [1.807, 2.05) is 30.3 Å². The molecule has 0 aliphatic heterocycles. The number of rotatable bonds is 8. The molecule has 1 heterocycles. The third-order valence-electron chi connectivity index (χ3n) is 6.23. The summed E-state index contributed by atoms with van der Waals surface area (Å²) in [4.78, 5) is 14.3. The standard InChI is InChI=1S/C31H38N4OS2/c1-30(2,3)24-17-23(18-25(26(24)36)31(4,5)6)32-27-33-28(37-19-21-13-9-7-10-14-21)35-29(34-27)38-20-22-15-11-8-12-16-22/h7,9-11,13-18,36H,8,12,19-20H2,1-6H3,(H,32,33,34,35). The lowest BCUT2D eigenvalue weighted by atomic mass is 9.79. The van der Waals surface area contributed by atoms with Gasteiger partial charge in [0.15, 0.2) is 10.3 Å². The zero-order chi connectivity index (χ0) is 27.3. The van der Waals surface area contributed by atoms with Crippen molar-refractivity contribution in [3.05, 3.63) is 83.0 Å². The third kappa shape index (κ3) is 7.64. The molecule has 1 aliphatic carbocycles. The highest BCUT2D eigenvalue weighted by molar-refractivity contribution is 7.99. The van der Waals surface area contributed by atoms with Crippen molar-refractivity contribution in [2.75, 3.05) is 11.1 Å². The average Bonchev–Trinajstić information content (AvgIpc) is 2.87. The van der Waals surface area contributed by atoms with Gasteiger partial charge < -0.3 is 10.4 Å². The predicted octanol–water partition coefficient (Wildman–Crippen LogP) is 8.58. The molecule has 0 fully saturated rings. The first-order chi connectivity index (χ1) is 18.0. The van der Waals surface area contributed by atoms with Crippen LogP contribution in [0.1, 0.15) is 71.1 Å². The van der Waals surface area contributed by atoms with E-state index in [1.54, 1.807) is 23.5 Å². The van der Waals surface area contributed by atoms with Crippen molar-refractivity contribution in [1.82, 2.24) is 15.0 Å². The van der Waals surface area contributed by atoms with Crippen LogP contribution in [-0.2, 0) is 16.6 Å². The van der Waals surface area contributed by atoms with E-state index in [1.165, 1.54) is 11.1 Å². The summed E-state index contributed by atoms with van der Waals surface area (Å²) in [6.45, 7) is 12.7. The minimum atomic E-state index is -0.222. The molecule has 0 atom stereocenters. The lowest BCUT2D eigenvalue weighted by Gasteiger charge is -2.28. The van der Waals surface area contributed by atoms with Crippen LogP contribution in [0.4, 0.5) is 11.6 Å². The number of aromatic hydroxyl groups is 1. The smallest absolute Gasteiger partial charge is 0.232 e. The lowest BCUT2D eigenvalue weighted by molar-refractivity contribution is 0.423. The highest BCUT2D eigenvalue weighted by Gasteiger charge is 2.27. The molecule has 0 unspecified atom stereocenters. The molecule has 0 amide bonds. The Hall–Kier alpha value is -2.77. The largest absolute Gasteiger partial charge is 0.507 e. The number of phenols is 1. The van der Waals surface area contributed by atoms with Crippen LogP contribution in [0.2, 0.25) is 0 Å². The third-order valence-corrected chi connectivity index (χ3v) is 8.06. The summed E-state index contributed by atoms with van der Waals surface area (Å²) in [5.74, 6) is 2.47. The fourth-order valence-electron chi connectivity index (χ4n) is 4.15. The van der Waals surface area contributed by atoms with E-state index < -0.39 is 0 Å². The first kappa shape index (κ1) is 28.2. The van der Waals surface area contributed by atoms with Crippen molar-refractivity contribution in [3.63, 3.8) is 0 Å². The maximum atomic E-state index is 11.1. The van der Waals surface area contributed by atoms with E-state index in [0.29, 0.717) is 22.0 Å². The van der Waals surface area contributed by atoms with Gasteiger partial charge in [0.25, 0.3) is 0 Å². The highest BCUT2D eigenvalue weighted by Crippen LogP contribution is 2.41. The molecule has 1 aromatic heterocycles. The number of nitrogens with zero attached hydrogens (tertiary/aromatic N) is 3. The fraction of sp³-hybridized carbons (Fsp3) is 0.387. The van der Waals surface area contributed by atoms with Crippen LogP contribution >= 0.6 is 23.5 Å². The predicted molar refractivity (Wildman–Crippen MR) is 162 cm³/mol. The van der Waals surface area contributed by atoms with Gasteiger partial charge in [0.2, 0.25) is 5.95 Å². The van der Waals surface area contributed by atoms with Crippen LogP contribution in [0.5, 0.6) is 5.75 Å². The minimum Gasteiger partial charge on any atom is -0.507 e. The number of benzene rings is 2. The molecule has 0 saturated carbocycles. The van der Waals surface area contributed by atoms with Crippen LogP contribution in [-0.4, -0.2) is 25.8 Å². The summed E-state index contributed by atoms with van der Waals surface area (Å²) >= 11 is 3.24. The Bertz CT molecular complexity index is 1290. The van der Waals surface area contributed by atoms with Crippen LogP contribution in [0.15, 0.2) is 76.6 Å². The van der Waals surface area contributed by atoms with Crippen molar-refractivity contribution in [3.8, 4) is 5.75 Å². The van der Waals surface area contributed by atoms with E-state index in [-0.39, 0.29) is 10.8 Å². The minimum absolute atomic E-state index is 0.222. The molecular formula is C31H38N4OS2. The van der Waals surface area contributed by atoms with Crippen molar-refractivity contribution in [2.45, 2.75) is 81.3 Å². The molecule has 0 radical (unpaired) electrons. The van der Waals surface area contributed by atoms with Gasteiger partial charge in [0.1, 0.15) is 5.75 Å². The zero-order valence-corrected chi connectivity index (χ0v) is 24.8. The number of phenolic OH excluding ortho intramolecular Hbond substituents is 1. The van der Waals surface area contributed by atoms with Crippen LogP contribution in [0.25, 0.3) is 0 Å². The maximum Gasteiger partial charge on any atom is 0.232 e. The molecule has 0 spiro atoms. The second-order valence-corrected chi connectivity index (χ2v) is 13.5. The van der Waals surface area contributed by atoms with Gasteiger partial charge in [0.05, 0.1) is 0 Å². The SMILES string of the molecule is CC(C)(C)c1cc(Nc2nc(SCC3=CCCC=C3)nc(SCc3ccccc3)n2)cc(C(C)(C)C)c1O. The molecule has 7 heteroatoms. The Kier molecular flexibility index (Phi) is 8.89. The quantitative estimate of drug-likeness (QED) is 0.216. The number of hydrogen-bond acceptors (Lipinski definition) is 7. The zero-order valence-electron chi connectivity index (χ0n) is 23.2. The van der Waals surface area contributed by atoms with Crippen molar-refractivity contribution in [1.29, 1.82) is 0 Å². The monoisotopic (exact) mass is 546 g/mol. The van der Waals surface area contributed by atoms with Gasteiger partial charge in [-0.25, -0.2) is 0 Å². The van der Waals surface area contributed by atoms with Gasteiger partial charge in [-0.05, 0) is 46.9 Å². The lowest BCUT2D eigenvalue weighted by Crippen LogP contribution is -2.18. The Morgan fingerprint density at radius 3 is 1.97 bits per heavy atom. The van der Waals surface area contributed by atoms with Gasteiger partial charge in [-0.3, -0.25) is 0 Å². The fourth-order valence-corrected chi connectivity index (χ4v) is 5.81. The number of thioether (sulfide) groups is 2. The molecular weight excluding hydrogens is 509 g/mol. The molecule has 5 nitrogen and oxygen atoms in total. The Morgan fingerprint density at radius 2 is 1.42 bits per heavy atom. The summed E-state index contributed by atoms with van der Waals surface area (Å²) < 4.78 is 0. The number of anilines is 2. The van der Waals surface area contributed by atoms with Gasteiger partial charge in [-0.1, -0.05) is 114 Å². The normalized spacial score (nSPS) is 13.9. The second kappa shape index (κ2) is 12.0. The van der Waals surface area contributed by atoms with Gasteiger partial charge in [0, 0.05) is 28.3 Å². The summed E-state index contributed by atoms with van der Waals surface area (Å²) in [5.41, 5.74) is 4.73. The Morgan fingerprint density at radius 1 is 0.816 bits per heavy atom. The molecule has 3 aromatic rings. The van der Waals surface area contributed by atoms with Gasteiger partial charge in [-0.2, -0.15) is 15.0 Å². The number of nitrogens with one attached hydrogen (secondary N) is 1. The first-order valence-corrected chi connectivity index (χ1v) is 15.0. The molecule has 2 aromatic carbocycles. The van der Waals surface area contributed by atoms with Crippen LogP contribution < -0.4 is 5.32 Å². The second-order valence-electron chi connectivity index (χ2n) is 11.6. The van der Waals surface area contributed by atoms with Crippen LogP contribution in [0, 0.1) is 0 Å². The molecule has 2 N–H and O–H groups in total. The first-order valence-electron chi connectivity index (χ1n) is 13.1. The molecule has 38 heavy (non-hydrogen) atoms. The number of allylic oxidation sites excluding steroid dienone is 3. The Balaban J connectivity index is 1.66. The van der Waals surface area contributed by atoms with Gasteiger partial charge in [-0.15, -0.1) is 0 Å². The van der Waals surface area contributed by atoms with Crippen molar-refractivity contribution < 1.29 is 5.11 Å². The van der Waals surface area contributed by atoms with E-state index >= 15 is 0 Å². The molecule has 200 valence electrons. The molecule has 0 bridgehead atoms. The van der Waals surface area contributed by atoms with E-state index in [9.17, 15) is 5.11 Å². The summed E-state index contributed by atoms with van der Waals surface area (Å²) in [6, 6.07) is 14.4. The molecule has 0 saturated heterocycles. The average molecular weight is 547 g/mol. The summed E-state index contributed by atoms with van der Waals surface area (Å²) in [6.07, 6.45) is 8.90. The summed E-state index contributed by atoms with van der Waals surface area (Å²) in [5, 5.41) is 16.0. The topological polar surface area (TPSA) is 70.9 Å². The number of hydrogen-bond donors (Lipinski definition) is 2. The van der Waals surface area contributed by atoms with E-state index in [0.717, 1.165) is 41.2 Å². The number of aromatic nitrogens is 3. The van der Waals surface area contributed by atoms with Crippen molar-refractivity contribution in [2.24, 2.45) is 0 Å². The highest BCUT2D eigenvalue weighted by atomic mass is 32.2. The van der Waals surface area contributed by atoms with Crippen molar-refractivity contribution >= 4 is 35.2 Å². The van der Waals surface area contributed by atoms with E-state index in [4.69, 9.17) is 15.0 Å². The molecule has 1 aliphatic rings. The van der Waals surface area contributed by atoms with E-state index in [2.05, 4.69) is 77.2 Å². The van der Waals surface area contributed by atoms with Crippen LogP contribution in [0.3, 0.4) is 0 Å². The summed E-state index contributed by atoms with van der Waals surface area (Å²) in [7, 11) is 0. The Labute approximate surface area is 235 Å². The van der Waals surface area contributed by atoms with Gasteiger partial charge >= 0.3 is 0 Å². The maximum absolute atomic E-state index is 11.1.